The first-order valence-corrected chi connectivity index (χ1v) is 6.92. The second kappa shape index (κ2) is 7.03. The number of thioether (sulfide) groups is 1. The molecule has 1 heterocycles. The van der Waals surface area contributed by atoms with E-state index < -0.39 is 0 Å². The third-order valence-corrected chi connectivity index (χ3v) is 3.66. The highest BCUT2D eigenvalue weighted by atomic mass is 32.2. The molecule has 1 N–H and O–H groups in total. The Balaban J connectivity index is 2.71. The second-order valence-electron chi connectivity index (χ2n) is 4.37. The molecule has 1 aromatic rings. The molecule has 0 atom stereocenters. The standard InChI is InChI=1S/C12H23N3OS/c1-9(2)13-8-11-10(3)14-15(4)12(11)17-7-6-16-5/h9,13H,6-8H2,1-5H3. The Hall–Kier alpha value is -0.520. The van der Waals surface area contributed by atoms with Gasteiger partial charge in [0, 0.05) is 38.1 Å². The molecule has 0 fully saturated rings. The van der Waals surface area contributed by atoms with Crippen molar-refractivity contribution in [3.05, 3.63) is 11.3 Å². The van der Waals surface area contributed by atoms with Gasteiger partial charge < -0.3 is 10.1 Å². The van der Waals surface area contributed by atoms with Crippen LogP contribution >= 0.6 is 11.8 Å². The van der Waals surface area contributed by atoms with Crippen LogP contribution in [0.15, 0.2) is 5.03 Å². The van der Waals surface area contributed by atoms with Crippen molar-refractivity contribution in [1.29, 1.82) is 0 Å². The van der Waals surface area contributed by atoms with E-state index in [1.807, 2.05) is 11.7 Å². The molecule has 4 nitrogen and oxygen atoms in total. The summed E-state index contributed by atoms with van der Waals surface area (Å²) in [7, 11) is 3.73. The molecular weight excluding hydrogens is 234 g/mol. The first kappa shape index (κ1) is 14.5. The summed E-state index contributed by atoms with van der Waals surface area (Å²) in [6.45, 7) is 8.03. The Labute approximate surface area is 108 Å². The Morgan fingerprint density at radius 2 is 2.18 bits per heavy atom. The number of ether oxygens (including phenoxy) is 1. The van der Waals surface area contributed by atoms with Crippen LogP contribution in [0.25, 0.3) is 0 Å². The summed E-state index contributed by atoms with van der Waals surface area (Å²) in [6, 6.07) is 0.492. The van der Waals surface area contributed by atoms with Gasteiger partial charge in [0.25, 0.3) is 0 Å². The third kappa shape index (κ3) is 4.33. The summed E-state index contributed by atoms with van der Waals surface area (Å²) in [5.74, 6) is 0.962. The lowest BCUT2D eigenvalue weighted by atomic mass is 10.2. The second-order valence-corrected chi connectivity index (χ2v) is 5.45. The first-order valence-electron chi connectivity index (χ1n) is 5.93. The molecule has 0 aliphatic heterocycles. The molecule has 1 aromatic heterocycles. The molecule has 0 unspecified atom stereocenters. The van der Waals surface area contributed by atoms with Crippen LogP contribution in [0.5, 0.6) is 0 Å². The van der Waals surface area contributed by atoms with Crippen molar-refractivity contribution in [3.63, 3.8) is 0 Å². The van der Waals surface area contributed by atoms with Gasteiger partial charge in [-0.1, -0.05) is 13.8 Å². The van der Waals surface area contributed by atoms with Gasteiger partial charge in [-0.05, 0) is 6.92 Å². The van der Waals surface area contributed by atoms with Crippen molar-refractivity contribution >= 4 is 11.8 Å². The molecule has 0 aromatic carbocycles. The topological polar surface area (TPSA) is 39.1 Å². The molecule has 17 heavy (non-hydrogen) atoms. The molecule has 0 bridgehead atoms. The van der Waals surface area contributed by atoms with Crippen LogP contribution < -0.4 is 5.32 Å². The zero-order valence-electron chi connectivity index (χ0n) is 11.4. The minimum Gasteiger partial charge on any atom is -0.384 e. The third-order valence-electron chi connectivity index (χ3n) is 2.50. The highest BCUT2D eigenvalue weighted by molar-refractivity contribution is 7.99. The maximum atomic E-state index is 5.08. The highest BCUT2D eigenvalue weighted by Crippen LogP contribution is 2.24. The Kier molecular flexibility index (Phi) is 6.02. The number of hydrogen-bond donors (Lipinski definition) is 1. The minimum atomic E-state index is 0.492. The largest absolute Gasteiger partial charge is 0.384 e. The zero-order chi connectivity index (χ0) is 12.8. The first-order chi connectivity index (χ1) is 8.06. The van der Waals surface area contributed by atoms with Crippen LogP contribution in [-0.2, 0) is 18.3 Å². The minimum absolute atomic E-state index is 0.492. The van der Waals surface area contributed by atoms with E-state index >= 15 is 0 Å². The van der Waals surface area contributed by atoms with Gasteiger partial charge in [0.1, 0.15) is 0 Å². The predicted octanol–water partition coefficient (Wildman–Crippen LogP) is 1.97. The normalized spacial score (nSPS) is 11.4. The fourth-order valence-electron chi connectivity index (χ4n) is 1.59. The maximum Gasteiger partial charge on any atom is 0.0985 e. The summed E-state index contributed by atoms with van der Waals surface area (Å²) in [6.07, 6.45) is 0. The van der Waals surface area contributed by atoms with Crippen LogP contribution in [0.3, 0.4) is 0 Å². The quantitative estimate of drug-likeness (QED) is 0.599. The Morgan fingerprint density at radius 3 is 2.76 bits per heavy atom. The Bertz CT molecular complexity index is 350. The summed E-state index contributed by atoms with van der Waals surface area (Å²) in [5.41, 5.74) is 2.42. The molecule has 5 heteroatoms. The predicted molar refractivity (Wildman–Crippen MR) is 72.5 cm³/mol. The molecule has 0 saturated heterocycles. The SMILES string of the molecule is COCCSc1c(CNC(C)C)c(C)nn1C. The highest BCUT2D eigenvalue weighted by Gasteiger charge is 2.13. The van der Waals surface area contributed by atoms with Gasteiger partial charge in [0.05, 0.1) is 17.3 Å². The zero-order valence-corrected chi connectivity index (χ0v) is 12.2. The number of hydrogen-bond acceptors (Lipinski definition) is 4. The molecular formula is C12H23N3OS. The van der Waals surface area contributed by atoms with E-state index in [-0.39, 0.29) is 0 Å². The molecule has 0 aliphatic carbocycles. The number of rotatable bonds is 7. The van der Waals surface area contributed by atoms with Gasteiger partial charge in [-0.15, -0.1) is 11.8 Å². The van der Waals surface area contributed by atoms with Gasteiger partial charge >= 0.3 is 0 Å². The van der Waals surface area contributed by atoms with E-state index in [0.29, 0.717) is 6.04 Å². The summed E-state index contributed by atoms with van der Waals surface area (Å²) >= 11 is 1.81. The van der Waals surface area contributed by atoms with Crippen molar-refractivity contribution in [2.24, 2.45) is 7.05 Å². The lowest BCUT2D eigenvalue weighted by Crippen LogP contribution is -2.22. The average molecular weight is 257 g/mol. The van der Waals surface area contributed by atoms with Gasteiger partial charge in [-0.2, -0.15) is 5.10 Å². The number of aromatic nitrogens is 2. The average Bonchev–Trinajstić information content (AvgIpc) is 2.51. The van der Waals surface area contributed by atoms with Crippen LogP contribution in [0.2, 0.25) is 0 Å². The number of nitrogens with zero attached hydrogens (tertiary/aromatic N) is 2. The van der Waals surface area contributed by atoms with E-state index in [1.54, 1.807) is 18.9 Å². The summed E-state index contributed by atoms with van der Waals surface area (Å²) in [4.78, 5) is 0. The summed E-state index contributed by atoms with van der Waals surface area (Å²) in [5, 5.41) is 9.17. The maximum absolute atomic E-state index is 5.08. The molecule has 0 saturated carbocycles. The number of nitrogens with one attached hydrogen (secondary N) is 1. The lowest BCUT2D eigenvalue weighted by molar-refractivity contribution is 0.218. The van der Waals surface area contributed by atoms with E-state index in [1.165, 1.54) is 10.6 Å². The van der Waals surface area contributed by atoms with Crippen LogP contribution in [-0.4, -0.2) is 35.3 Å². The van der Waals surface area contributed by atoms with Crippen LogP contribution in [0, 0.1) is 6.92 Å². The van der Waals surface area contributed by atoms with Crippen molar-refractivity contribution in [2.75, 3.05) is 19.5 Å². The molecule has 0 radical (unpaired) electrons. The lowest BCUT2D eigenvalue weighted by Gasteiger charge is -2.10. The van der Waals surface area contributed by atoms with Gasteiger partial charge in [0.15, 0.2) is 0 Å². The van der Waals surface area contributed by atoms with Crippen molar-refractivity contribution in [1.82, 2.24) is 15.1 Å². The molecule has 98 valence electrons. The van der Waals surface area contributed by atoms with Gasteiger partial charge in [-0.3, -0.25) is 4.68 Å². The van der Waals surface area contributed by atoms with Crippen molar-refractivity contribution in [3.8, 4) is 0 Å². The number of aryl methyl sites for hydroxylation is 2. The van der Waals surface area contributed by atoms with Crippen molar-refractivity contribution in [2.45, 2.75) is 38.4 Å². The van der Waals surface area contributed by atoms with E-state index in [9.17, 15) is 0 Å². The fourth-order valence-corrected chi connectivity index (χ4v) is 2.66. The summed E-state index contributed by atoms with van der Waals surface area (Å²) < 4.78 is 7.05. The molecule has 0 spiro atoms. The van der Waals surface area contributed by atoms with E-state index in [2.05, 4.69) is 31.2 Å². The smallest absolute Gasteiger partial charge is 0.0985 e. The molecule has 1 rings (SSSR count). The van der Waals surface area contributed by atoms with E-state index in [4.69, 9.17) is 4.74 Å². The molecule has 0 aliphatic rings. The number of methoxy groups -OCH3 is 1. The Morgan fingerprint density at radius 1 is 1.47 bits per heavy atom. The molecule has 0 amide bonds. The van der Waals surface area contributed by atoms with Crippen molar-refractivity contribution < 1.29 is 4.74 Å². The van der Waals surface area contributed by atoms with Crippen LogP contribution in [0.1, 0.15) is 25.1 Å². The fraction of sp³-hybridized carbons (Fsp3) is 0.750. The monoisotopic (exact) mass is 257 g/mol. The van der Waals surface area contributed by atoms with Gasteiger partial charge in [0.2, 0.25) is 0 Å². The van der Waals surface area contributed by atoms with Gasteiger partial charge in [-0.25, -0.2) is 0 Å². The van der Waals surface area contributed by atoms with E-state index in [0.717, 1.165) is 24.6 Å². The van der Waals surface area contributed by atoms with Crippen LogP contribution in [0.4, 0.5) is 0 Å².